The van der Waals surface area contributed by atoms with Gasteiger partial charge in [0, 0.05) is 31.4 Å². The molecular formula is C20H29N5O. The van der Waals surface area contributed by atoms with Crippen LogP contribution in [0.3, 0.4) is 0 Å². The van der Waals surface area contributed by atoms with Crippen LogP contribution in [0.4, 0.5) is 5.82 Å². The molecule has 2 aliphatic rings. The molecule has 2 aromatic rings. The van der Waals surface area contributed by atoms with Crippen LogP contribution in [0.5, 0.6) is 0 Å². The van der Waals surface area contributed by atoms with Crippen molar-refractivity contribution < 1.29 is 4.52 Å². The quantitative estimate of drug-likeness (QED) is 0.833. The Morgan fingerprint density at radius 1 is 1.08 bits per heavy atom. The largest absolute Gasteiger partial charge is 0.357 e. The van der Waals surface area contributed by atoms with Gasteiger partial charge in [-0.1, -0.05) is 24.9 Å². The van der Waals surface area contributed by atoms with Crippen molar-refractivity contribution in [1.29, 1.82) is 0 Å². The fourth-order valence-corrected chi connectivity index (χ4v) is 4.06. The summed E-state index contributed by atoms with van der Waals surface area (Å²) in [7, 11) is 0. The van der Waals surface area contributed by atoms with Crippen molar-refractivity contribution in [3.05, 3.63) is 24.2 Å². The van der Waals surface area contributed by atoms with E-state index in [0.29, 0.717) is 11.7 Å². The number of piperidine rings is 1. The molecule has 2 aliphatic heterocycles. The van der Waals surface area contributed by atoms with Gasteiger partial charge in [0.1, 0.15) is 5.82 Å². The van der Waals surface area contributed by atoms with Crippen LogP contribution in [-0.2, 0) is 6.54 Å². The number of nitrogens with zero attached hydrogens (tertiary/aromatic N) is 5. The minimum absolute atomic E-state index is 0.639. The highest BCUT2D eigenvalue weighted by atomic mass is 16.5. The van der Waals surface area contributed by atoms with E-state index < -0.39 is 0 Å². The van der Waals surface area contributed by atoms with Crippen molar-refractivity contribution in [3.8, 4) is 11.4 Å². The summed E-state index contributed by atoms with van der Waals surface area (Å²) in [4.78, 5) is 14.0. The van der Waals surface area contributed by atoms with Crippen LogP contribution in [0, 0.1) is 5.92 Å². The molecule has 4 heterocycles. The van der Waals surface area contributed by atoms with E-state index in [0.717, 1.165) is 50.0 Å². The monoisotopic (exact) mass is 355 g/mol. The molecule has 0 saturated carbocycles. The third-order valence-electron chi connectivity index (χ3n) is 5.50. The lowest BCUT2D eigenvalue weighted by Gasteiger charge is -2.29. The van der Waals surface area contributed by atoms with Gasteiger partial charge in [-0.05, 0) is 50.3 Å². The fraction of sp³-hybridized carbons (Fsp3) is 0.650. The van der Waals surface area contributed by atoms with Crippen molar-refractivity contribution in [1.82, 2.24) is 20.0 Å². The average Bonchev–Trinajstić information content (AvgIpc) is 2.95. The standard InChI is InChI=1S/C20H29N5O/c1-16-7-6-10-24(14-16)15-19-22-20(23-26-19)17-8-9-18(21-13-17)25-11-4-2-3-5-12-25/h8-9,13,16H,2-7,10-12,14-15H2,1H3. The molecule has 4 rings (SSSR count). The molecular weight excluding hydrogens is 326 g/mol. The first kappa shape index (κ1) is 17.5. The van der Waals surface area contributed by atoms with Gasteiger partial charge in [0.2, 0.25) is 11.7 Å². The highest BCUT2D eigenvalue weighted by molar-refractivity contribution is 5.55. The zero-order chi connectivity index (χ0) is 17.8. The van der Waals surface area contributed by atoms with Gasteiger partial charge in [-0.3, -0.25) is 4.90 Å². The average molecular weight is 355 g/mol. The van der Waals surface area contributed by atoms with Crippen LogP contribution in [0.15, 0.2) is 22.9 Å². The zero-order valence-corrected chi connectivity index (χ0v) is 15.7. The molecule has 2 fully saturated rings. The molecule has 0 N–H and O–H groups in total. The summed E-state index contributed by atoms with van der Waals surface area (Å²) in [6.45, 7) is 7.50. The Kier molecular flexibility index (Phi) is 5.48. The molecule has 26 heavy (non-hydrogen) atoms. The Morgan fingerprint density at radius 3 is 2.65 bits per heavy atom. The number of hydrogen-bond donors (Lipinski definition) is 0. The van der Waals surface area contributed by atoms with E-state index in [9.17, 15) is 0 Å². The van der Waals surface area contributed by atoms with Gasteiger partial charge >= 0.3 is 0 Å². The Bertz CT molecular complexity index is 690. The predicted molar refractivity (Wildman–Crippen MR) is 102 cm³/mol. The molecule has 140 valence electrons. The van der Waals surface area contributed by atoms with E-state index in [2.05, 4.69) is 44.0 Å². The molecule has 0 aliphatic carbocycles. The topological polar surface area (TPSA) is 58.3 Å². The predicted octanol–water partition coefficient (Wildman–Crippen LogP) is 3.74. The minimum atomic E-state index is 0.639. The molecule has 6 heteroatoms. The van der Waals surface area contributed by atoms with Gasteiger partial charge in [-0.2, -0.15) is 4.98 Å². The minimum Gasteiger partial charge on any atom is -0.357 e. The Morgan fingerprint density at radius 2 is 1.92 bits per heavy atom. The van der Waals surface area contributed by atoms with E-state index in [1.54, 1.807) is 0 Å². The number of pyridine rings is 1. The van der Waals surface area contributed by atoms with E-state index in [-0.39, 0.29) is 0 Å². The van der Waals surface area contributed by atoms with Gasteiger partial charge < -0.3 is 9.42 Å². The maximum atomic E-state index is 5.48. The van der Waals surface area contributed by atoms with Gasteiger partial charge in [0.05, 0.1) is 6.54 Å². The summed E-state index contributed by atoms with van der Waals surface area (Å²) in [5.41, 5.74) is 0.922. The van der Waals surface area contributed by atoms with Gasteiger partial charge in [0.15, 0.2) is 0 Å². The van der Waals surface area contributed by atoms with Gasteiger partial charge in [-0.15, -0.1) is 0 Å². The SMILES string of the molecule is CC1CCCN(Cc2nc(-c3ccc(N4CCCCCC4)nc3)no2)C1. The number of likely N-dealkylation sites (tertiary alicyclic amines) is 1. The summed E-state index contributed by atoms with van der Waals surface area (Å²) < 4.78 is 5.48. The second-order valence-corrected chi connectivity index (χ2v) is 7.80. The first-order chi connectivity index (χ1) is 12.8. The first-order valence-corrected chi connectivity index (χ1v) is 10.0. The molecule has 2 saturated heterocycles. The first-order valence-electron chi connectivity index (χ1n) is 10.0. The van der Waals surface area contributed by atoms with Crippen LogP contribution in [-0.4, -0.2) is 46.2 Å². The number of rotatable bonds is 4. The molecule has 0 bridgehead atoms. The molecule has 0 amide bonds. The second-order valence-electron chi connectivity index (χ2n) is 7.80. The maximum Gasteiger partial charge on any atom is 0.241 e. The summed E-state index contributed by atoms with van der Waals surface area (Å²) in [6.07, 6.45) is 9.62. The van der Waals surface area contributed by atoms with Gasteiger partial charge in [-0.25, -0.2) is 4.98 Å². The van der Waals surface area contributed by atoms with E-state index in [1.807, 2.05) is 6.20 Å². The van der Waals surface area contributed by atoms with Crippen LogP contribution < -0.4 is 4.90 Å². The molecule has 0 radical (unpaired) electrons. The fourth-order valence-electron chi connectivity index (χ4n) is 4.06. The third-order valence-corrected chi connectivity index (χ3v) is 5.50. The number of aromatic nitrogens is 3. The summed E-state index contributed by atoms with van der Waals surface area (Å²) in [5, 5.41) is 4.16. The van der Waals surface area contributed by atoms with Crippen molar-refractivity contribution in [2.24, 2.45) is 5.92 Å². The highest BCUT2D eigenvalue weighted by Crippen LogP contribution is 2.22. The van der Waals surface area contributed by atoms with Crippen molar-refractivity contribution in [3.63, 3.8) is 0 Å². The Hall–Kier alpha value is -1.95. The van der Waals surface area contributed by atoms with Gasteiger partial charge in [0.25, 0.3) is 0 Å². The van der Waals surface area contributed by atoms with E-state index in [4.69, 9.17) is 4.52 Å². The maximum absolute atomic E-state index is 5.48. The van der Waals surface area contributed by atoms with E-state index in [1.165, 1.54) is 38.5 Å². The summed E-state index contributed by atoms with van der Waals surface area (Å²) in [5.74, 6) is 3.15. The zero-order valence-electron chi connectivity index (χ0n) is 15.7. The molecule has 2 aromatic heterocycles. The molecule has 6 nitrogen and oxygen atoms in total. The summed E-state index contributed by atoms with van der Waals surface area (Å²) >= 11 is 0. The van der Waals surface area contributed by atoms with Crippen LogP contribution in [0.25, 0.3) is 11.4 Å². The lowest BCUT2D eigenvalue weighted by Crippen LogP contribution is -2.33. The number of anilines is 1. The molecule has 1 atom stereocenters. The molecule has 0 spiro atoms. The second kappa shape index (κ2) is 8.16. The molecule has 0 aromatic carbocycles. The highest BCUT2D eigenvalue weighted by Gasteiger charge is 2.19. The van der Waals surface area contributed by atoms with Crippen molar-refractivity contribution >= 4 is 5.82 Å². The lowest BCUT2D eigenvalue weighted by molar-refractivity contribution is 0.157. The lowest BCUT2D eigenvalue weighted by atomic mass is 10.0. The third kappa shape index (κ3) is 4.23. The van der Waals surface area contributed by atoms with Crippen molar-refractivity contribution in [2.45, 2.75) is 52.0 Å². The molecule has 1 unspecified atom stereocenters. The van der Waals surface area contributed by atoms with Crippen LogP contribution >= 0.6 is 0 Å². The van der Waals surface area contributed by atoms with Crippen molar-refractivity contribution in [2.75, 3.05) is 31.1 Å². The van der Waals surface area contributed by atoms with E-state index >= 15 is 0 Å². The normalized spacial score (nSPS) is 22.3. The summed E-state index contributed by atoms with van der Waals surface area (Å²) in [6, 6.07) is 4.15. The smallest absolute Gasteiger partial charge is 0.241 e. The Balaban J connectivity index is 1.40. The van der Waals surface area contributed by atoms with Crippen LogP contribution in [0.2, 0.25) is 0 Å². The van der Waals surface area contributed by atoms with Crippen LogP contribution in [0.1, 0.15) is 51.3 Å². The number of hydrogen-bond acceptors (Lipinski definition) is 6. The Labute approximate surface area is 155 Å².